The minimum Gasteiger partial charge on any atom is -0.455 e. The van der Waals surface area contributed by atoms with Crippen LogP contribution in [0.5, 0.6) is 0 Å². The zero-order valence-corrected chi connectivity index (χ0v) is 35.8. The number of furan rings is 2. The molecule has 7 heteroatoms. The average Bonchev–Trinajstić information content (AvgIpc) is 4.13. The van der Waals surface area contributed by atoms with Crippen molar-refractivity contribution in [2.75, 3.05) is 0 Å². The molecule has 5 aromatic heterocycles. The second-order valence-electron chi connectivity index (χ2n) is 17.1. The Kier molecular flexibility index (Phi) is 7.28. The maximum Gasteiger partial charge on any atom is 0.167 e. The zero-order valence-electron chi connectivity index (χ0n) is 35.0. The Bertz CT molecular complexity index is 4330. The van der Waals surface area contributed by atoms with Crippen LogP contribution in [0.3, 0.4) is 0 Å². The van der Waals surface area contributed by atoms with Crippen LogP contribution in [0.4, 0.5) is 0 Å². The van der Waals surface area contributed by atoms with Crippen LogP contribution in [0.1, 0.15) is 0 Å². The molecule has 0 aliphatic rings. The smallest absolute Gasteiger partial charge is 0.167 e. The minimum absolute atomic E-state index is 0.521. The Hall–Kier alpha value is -8.65. The molecule has 10 aromatic carbocycles. The summed E-state index contributed by atoms with van der Waals surface area (Å²) in [7, 11) is 0. The molecule has 0 saturated carbocycles. The lowest BCUT2D eigenvalue weighted by molar-refractivity contribution is 0.666. The number of nitrogens with zero attached hydrogens (tertiary/aromatic N) is 4. The number of hydrogen-bond acceptors (Lipinski definition) is 6. The topological polar surface area (TPSA) is 69.9 Å². The first kappa shape index (κ1) is 35.8. The van der Waals surface area contributed by atoms with Crippen molar-refractivity contribution >= 4 is 119 Å². The first-order valence-corrected chi connectivity index (χ1v) is 22.9. The molecule has 0 atom stereocenters. The van der Waals surface area contributed by atoms with Gasteiger partial charge in [0.15, 0.2) is 23.1 Å². The van der Waals surface area contributed by atoms with Crippen molar-refractivity contribution in [3.05, 3.63) is 194 Å². The Morgan fingerprint density at radius 1 is 0.348 bits per heavy atom. The molecule has 66 heavy (non-hydrogen) atoms. The van der Waals surface area contributed by atoms with Gasteiger partial charge in [-0.15, -0.1) is 11.3 Å². The number of hydrogen-bond donors (Lipinski definition) is 0. The van der Waals surface area contributed by atoms with E-state index in [1.54, 1.807) is 11.3 Å². The highest BCUT2D eigenvalue weighted by Gasteiger charge is 2.26. The maximum atomic E-state index is 7.05. The third kappa shape index (κ3) is 5.08. The molecule has 15 aromatic rings. The van der Waals surface area contributed by atoms with Gasteiger partial charge < -0.3 is 13.4 Å². The predicted octanol–water partition coefficient (Wildman–Crippen LogP) is 16.4. The van der Waals surface area contributed by atoms with Gasteiger partial charge in [-0.3, -0.25) is 0 Å². The Labute approximate surface area is 379 Å². The van der Waals surface area contributed by atoms with E-state index < -0.39 is 0 Å². The molecule has 0 aliphatic carbocycles. The number of aromatic nitrogens is 4. The van der Waals surface area contributed by atoms with Crippen molar-refractivity contribution < 1.29 is 8.83 Å². The van der Waals surface area contributed by atoms with E-state index in [4.69, 9.17) is 23.8 Å². The molecule has 0 aliphatic heterocycles. The highest BCUT2D eigenvalue weighted by atomic mass is 32.1. The van der Waals surface area contributed by atoms with Crippen LogP contribution in [0.15, 0.2) is 203 Å². The number of thiophene rings is 1. The fraction of sp³-hybridized carbons (Fsp3) is 0. The number of benzene rings is 10. The van der Waals surface area contributed by atoms with E-state index in [9.17, 15) is 0 Å². The molecule has 0 amide bonds. The van der Waals surface area contributed by atoms with Crippen LogP contribution >= 0.6 is 11.3 Å². The average molecular weight is 861 g/mol. The minimum atomic E-state index is 0.521. The van der Waals surface area contributed by atoms with Gasteiger partial charge in [0, 0.05) is 63.6 Å². The van der Waals surface area contributed by atoms with Crippen LogP contribution in [-0.2, 0) is 0 Å². The van der Waals surface area contributed by atoms with Crippen molar-refractivity contribution in [2.45, 2.75) is 0 Å². The molecule has 15 rings (SSSR count). The molecule has 0 unspecified atom stereocenters. The van der Waals surface area contributed by atoms with Crippen LogP contribution in [0.25, 0.3) is 147 Å². The summed E-state index contributed by atoms with van der Waals surface area (Å²) >= 11 is 1.76. The lowest BCUT2D eigenvalue weighted by atomic mass is 10.0. The highest BCUT2D eigenvalue weighted by Crippen LogP contribution is 2.46. The molecule has 6 nitrogen and oxygen atoms in total. The molecule has 0 spiro atoms. The SMILES string of the molecule is c1ccc2cc3c(cc2c1)c1cc2ccccc2cc1n3-c1c(-c2nc(-c3cccc4c3oc3ccccc34)nc(-c3cccc4c3sc3ccccc34)n2)ccc2c1oc1ccccc12. The van der Waals surface area contributed by atoms with Gasteiger partial charge in [-0.2, -0.15) is 0 Å². The summed E-state index contributed by atoms with van der Waals surface area (Å²) in [6, 6.07) is 68.5. The van der Waals surface area contributed by atoms with Gasteiger partial charge in [-0.05, 0) is 88.3 Å². The van der Waals surface area contributed by atoms with Gasteiger partial charge in [0.1, 0.15) is 22.4 Å². The van der Waals surface area contributed by atoms with Crippen molar-refractivity contribution in [2.24, 2.45) is 0 Å². The largest absolute Gasteiger partial charge is 0.455 e. The quantitative estimate of drug-likeness (QED) is 0.176. The summed E-state index contributed by atoms with van der Waals surface area (Å²) in [5, 5.41) is 13.5. The molecule has 0 radical (unpaired) electrons. The fourth-order valence-corrected chi connectivity index (χ4v) is 11.6. The van der Waals surface area contributed by atoms with Crippen LogP contribution in [0, 0.1) is 0 Å². The van der Waals surface area contributed by atoms with Crippen LogP contribution in [-0.4, -0.2) is 19.5 Å². The van der Waals surface area contributed by atoms with Crippen molar-refractivity contribution in [1.82, 2.24) is 19.5 Å². The van der Waals surface area contributed by atoms with Gasteiger partial charge in [-0.1, -0.05) is 127 Å². The standard InChI is InChI=1S/C59H32N4O2S/c1-3-15-35-31-48-46(29-33(35)13-1)47-30-34-14-2-4-16-36(34)32-49(47)63(48)53-43(28-27-41-38-18-6-9-25-51(38)65-55(41)53)57-60-58(44-22-11-20-40-37-17-5-8-24-50(37)64-54(40)44)62-59(61-57)45-23-12-21-42-39-19-7-10-26-52(39)66-56(42)45/h1-32H. The lowest BCUT2D eigenvalue weighted by Gasteiger charge is -2.16. The molecule has 306 valence electrons. The maximum absolute atomic E-state index is 7.05. The number of rotatable bonds is 4. The second-order valence-corrected chi connectivity index (χ2v) is 18.1. The Balaban J connectivity index is 1.10. The summed E-state index contributed by atoms with van der Waals surface area (Å²) in [4.78, 5) is 16.4. The fourth-order valence-electron chi connectivity index (χ4n) is 10.4. The van der Waals surface area contributed by atoms with Gasteiger partial charge in [0.2, 0.25) is 0 Å². The Morgan fingerprint density at radius 3 is 1.50 bits per heavy atom. The monoisotopic (exact) mass is 860 g/mol. The molecule has 0 saturated heterocycles. The molecule has 0 fully saturated rings. The summed E-state index contributed by atoms with van der Waals surface area (Å²) in [5.41, 5.74) is 8.64. The van der Waals surface area contributed by atoms with E-state index in [0.29, 0.717) is 17.5 Å². The van der Waals surface area contributed by atoms with E-state index in [1.165, 1.54) is 26.2 Å². The Morgan fingerprint density at radius 2 is 0.833 bits per heavy atom. The van der Waals surface area contributed by atoms with Crippen molar-refractivity contribution in [3.8, 4) is 39.9 Å². The van der Waals surface area contributed by atoms with Gasteiger partial charge in [0.05, 0.1) is 16.6 Å². The summed E-state index contributed by atoms with van der Waals surface area (Å²) in [6.45, 7) is 0. The van der Waals surface area contributed by atoms with Crippen LogP contribution < -0.4 is 0 Å². The normalized spacial score (nSPS) is 12.2. The third-order valence-corrected chi connectivity index (χ3v) is 14.6. The predicted molar refractivity (Wildman–Crippen MR) is 273 cm³/mol. The van der Waals surface area contributed by atoms with E-state index in [1.807, 2.05) is 30.3 Å². The number of para-hydroxylation sites is 3. The van der Waals surface area contributed by atoms with E-state index in [-0.39, 0.29) is 0 Å². The first-order chi connectivity index (χ1) is 32.7. The third-order valence-electron chi connectivity index (χ3n) is 13.4. The lowest BCUT2D eigenvalue weighted by Crippen LogP contribution is -2.04. The zero-order chi connectivity index (χ0) is 43.0. The molecule has 0 bridgehead atoms. The molecule has 5 heterocycles. The van der Waals surface area contributed by atoms with Gasteiger partial charge in [0.25, 0.3) is 0 Å². The van der Waals surface area contributed by atoms with Crippen LogP contribution in [0.2, 0.25) is 0 Å². The summed E-state index contributed by atoms with van der Waals surface area (Å²) in [5.74, 6) is 1.62. The highest BCUT2D eigenvalue weighted by molar-refractivity contribution is 7.26. The van der Waals surface area contributed by atoms with Crippen molar-refractivity contribution in [3.63, 3.8) is 0 Å². The number of fused-ring (bicyclic) bond motifs is 14. The molecular formula is C59H32N4O2S. The summed E-state index contributed by atoms with van der Waals surface area (Å²) in [6.07, 6.45) is 0. The van der Waals surface area contributed by atoms with E-state index in [2.05, 4.69) is 168 Å². The molecular weight excluding hydrogens is 829 g/mol. The van der Waals surface area contributed by atoms with E-state index in [0.717, 1.165) is 104 Å². The van der Waals surface area contributed by atoms with Gasteiger partial charge >= 0.3 is 0 Å². The van der Waals surface area contributed by atoms with E-state index >= 15 is 0 Å². The second kappa shape index (κ2) is 13.4. The summed E-state index contributed by atoms with van der Waals surface area (Å²) < 4.78 is 18.4. The van der Waals surface area contributed by atoms with Crippen molar-refractivity contribution in [1.29, 1.82) is 0 Å². The van der Waals surface area contributed by atoms with Gasteiger partial charge in [-0.25, -0.2) is 15.0 Å². The molecule has 0 N–H and O–H groups in total. The first-order valence-electron chi connectivity index (χ1n) is 22.1.